The molecule has 0 aliphatic rings. The summed E-state index contributed by atoms with van der Waals surface area (Å²) in [5.41, 5.74) is 0.891. The van der Waals surface area contributed by atoms with Gasteiger partial charge in [0.25, 0.3) is 0 Å². The van der Waals surface area contributed by atoms with Gasteiger partial charge in [0.05, 0.1) is 26.2 Å². The van der Waals surface area contributed by atoms with E-state index >= 15 is 0 Å². The first kappa shape index (κ1) is 17.8. The van der Waals surface area contributed by atoms with Crippen LogP contribution in [-0.4, -0.2) is 31.4 Å². The van der Waals surface area contributed by atoms with Crippen LogP contribution in [0, 0.1) is 0 Å². The molecule has 1 aromatic rings. The third-order valence-corrected chi connectivity index (χ3v) is 4.24. The summed E-state index contributed by atoms with van der Waals surface area (Å²) in [4.78, 5) is 22.4. The maximum absolute atomic E-state index is 11.6. The van der Waals surface area contributed by atoms with E-state index in [1.807, 2.05) is 38.1 Å². The summed E-state index contributed by atoms with van der Waals surface area (Å²) in [5, 5.41) is 3.56. The second kappa shape index (κ2) is 9.61. The highest BCUT2D eigenvalue weighted by Crippen LogP contribution is 2.36. The van der Waals surface area contributed by atoms with Crippen LogP contribution in [0.3, 0.4) is 0 Å². The number of hydrogen-bond donors (Lipinski definition) is 1. The van der Waals surface area contributed by atoms with Crippen LogP contribution in [0.15, 0.2) is 24.3 Å². The molecule has 0 unspecified atom stereocenters. The van der Waals surface area contributed by atoms with Gasteiger partial charge in [-0.3, -0.25) is 9.59 Å². The first-order valence-electron chi connectivity index (χ1n) is 6.97. The molecule has 0 fully saturated rings. The van der Waals surface area contributed by atoms with Gasteiger partial charge in [-0.15, -0.1) is 0 Å². The lowest BCUT2D eigenvalue weighted by molar-refractivity contribution is -0.124. The molecule has 0 aliphatic carbocycles. The van der Waals surface area contributed by atoms with E-state index < -0.39 is 8.38 Å². The molecule has 1 N–H and O–H groups in total. The van der Waals surface area contributed by atoms with Gasteiger partial charge >= 0.3 is 0 Å². The van der Waals surface area contributed by atoms with Crippen LogP contribution in [0.5, 0.6) is 0 Å². The zero-order valence-corrected chi connectivity index (χ0v) is 13.6. The standard InChI is InChI=1S/C15H22NO4P/c1-4-19-21(20-5-2)14-8-6-13(7-9-14)10-15(18)16-11-12(3)17/h6-9H,4-5,10-11H2,1-3H3,(H,16,18). The minimum atomic E-state index is -1.05. The fraction of sp³-hybridized carbons (Fsp3) is 0.467. The Balaban J connectivity index is 2.60. The number of rotatable bonds is 9. The van der Waals surface area contributed by atoms with Gasteiger partial charge in [0, 0.05) is 5.30 Å². The predicted molar refractivity (Wildman–Crippen MR) is 83.6 cm³/mol. The normalized spacial score (nSPS) is 10.7. The molecular formula is C15H22NO4P. The zero-order valence-electron chi connectivity index (χ0n) is 12.7. The lowest BCUT2D eigenvalue weighted by Crippen LogP contribution is -2.29. The lowest BCUT2D eigenvalue weighted by Gasteiger charge is -2.16. The van der Waals surface area contributed by atoms with Crippen molar-refractivity contribution in [1.82, 2.24) is 5.32 Å². The van der Waals surface area contributed by atoms with Gasteiger partial charge < -0.3 is 14.4 Å². The van der Waals surface area contributed by atoms with Crippen LogP contribution in [0.4, 0.5) is 0 Å². The first-order valence-corrected chi connectivity index (χ1v) is 8.15. The highest BCUT2D eigenvalue weighted by Gasteiger charge is 2.12. The summed E-state index contributed by atoms with van der Waals surface area (Å²) in [6, 6.07) is 7.61. The smallest absolute Gasteiger partial charge is 0.224 e. The van der Waals surface area contributed by atoms with E-state index in [1.54, 1.807) is 0 Å². The second-order valence-electron chi connectivity index (χ2n) is 4.41. The van der Waals surface area contributed by atoms with E-state index in [1.165, 1.54) is 6.92 Å². The van der Waals surface area contributed by atoms with Crippen LogP contribution in [0.25, 0.3) is 0 Å². The summed E-state index contributed by atoms with van der Waals surface area (Å²) in [6.07, 6.45) is 0.259. The average molecular weight is 311 g/mol. The van der Waals surface area contributed by atoms with E-state index in [4.69, 9.17) is 9.05 Å². The van der Waals surface area contributed by atoms with E-state index in [9.17, 15) is 9.59 Å². The fourth-order valence-electron chi connectivity index (χ4n) is 1.63. The highest BCUT2D eigenvalue weighted by atomic mass is 31.2. The fourth-order valence-corrected chi connectivity index (χ4v) is 2.86. The quantitative estimate of drug-likeness (QED) is 0.708. The topological polar surface area (TPSA) is 64.6 Å². The Kier molecular flexibility index (Phi) is 8.13. The Morgan fingerprint density at radius 3 is 2.14 bits per heavy atom. The van der Waals surface area contributed by atoms with E-state index in [0.29, 0.717) is 13.2 Å². The van der Waals surface area contributed by atoms with Gasteiger partial charge in [0.15, 0.2) is 0 Å². The number of carbonyl (C=O) groups excluding carboxylic acids is 2. The molecule has 116 valence electrons. The highest BCUT2D eigenvalue weighted by molar-refractivity contribution is 7.56. The monoisotopic (exact) mass is 311 g/mol. The molecular weight excluding hydrogens is 289 g/mol. The molecule has 0 heterocycles. The number of ketones is 1. The summed E-state index contributed by atoms with van der Waals surface area (Å²) in [5.74, 6) is -0.215. The average Bonchev–Trinajstić information content (AvgIpc) is 2.46. The molecule has 6 heteroatoms. The molecule has 0 radical (unpaired) electrons. The maximum Gasteiger partial charge on any atom is 0.224 e. The van der Waals surface area contributed by atoms with E-state index in [-0.39, 0.29) is 24.7 Å². The molecule has 0 aromatic heterocycles. The third-order valence-electron chi connectivity index (χ3n) is 2.54. The number of hydrogen-bond acceptors (Lipinski definition) is 4. The molecule has 1 aromatic carbocycles. The van der Waals surface area contributed by atoms with Crippen LogP contribution in [0.1, 0.15) is 26.3 Å². The van der Waals surface area contributed by atoms with Gasteiger partial charge in [-0.05, 0) is 38.5 Å². The Morgan fingerprint density at radius 2 is 1.67 bits per heavy atom. The largest absolute Gasteiger partial charge is 0.349 e. The summed E-state index contributed by atoms with van der Waals surface area (Å²) in [6.45, 7) is 6.59. The number of benzene rings is 1. The number of amides is 1. The van der Waals surface area contributed by atoms with E-state index in [0.717, 1.165) is 10.9 Å². The number of nitrogens with one attached hydrogen (secondary N) is 1. The Bertz CT molecular complexity index is 455. The molecule has 1 rings (SSSR count). The van der Waals surface area contributed by atoms with Crippen molar-refractivity contribution in [2.45, 2.75) is 27.2 Å². The van der Waals surface area contributed by atoms with Crippen molar-refractivity contribution < 1.29 is 18.6 Å². The van der Waals surface area contributed by atoms with Gasteiger partial charge in [0.1, 0.15) is 5.78 Å². The minimum absolute atomic E-state index is 0.0576. The van der Waals surface area contributed by atoms with Crippen molar-refractivity contribution in [3.05, 3.63) is 29.8 Å². The molecule has 0 spiro atoms. The first-order chi connectivity index (χ1) is 10.1. The molecule has 0 saturated carbocycles. The Hall–Kier alpha value is -1.29. The molecule has 0 atom stereocenters. The molecule has 0 bridgehead atoms. The van der Waals surface area contributed by atoms with Gasteiger partial charge in [-0.2, -0.15) is 0 Å². The Labute approximate surface area is 126 Å². The summed E-state index contributed by atoms with van der Waals surface area (Å²) in [7, 11) is -1.05. The Morgan fingerprint density at radius 1 is 1.10 bits per heavy atom. The van der Waals surface area contributed by atoms with Crippen molar-refractivity contribution in [3.8, 4) is 0 Å². The van der Waals surface area contributed by atoms with Gasteiger partial charge in [-0.25, -0.2) is 0 Å². The van der Waals surface area contributed by atoms with Gasteiger partial charge in [-0.1, -0.05) is 12.1 Å². The second-order valence-corrected chi connectivity index (χ2v) is 5.96. The van der Waals surface area contributed by atoms with Crippen LogP contribution >= 0.6 is 8.38 Å². The third kappa shape index (κ3) is 6.80. The lowest BCUT2D eigenvalue weighted by atomic mass is 10.1. The van der Waals surface area contributed by atoms with Crippen molar-refractivity contribution >= 4 is 25.4 Å². The molecule has 5 nitrogen and oxygen atoms in total. The minimum Gasteiger partial charge on any atom is -0.349 e. The molecule has 1 amide bonds. The summed E-state index contributed by atoms with van der Waals surface area (Å²) >= 11 is 0. The number of Topliss-reactive ketones (excluding diaryl/α,β-unsaturated/α-hetero) is 1. The molecule has 21 heavy (non-hydrogen) atoms. The maximum atomic E-state index is 11.6. The van der Waals surface area contributed by atoms with Crippen molar-refractivity contribution in [2.24, 2.45) is 0 Å². The van der Waals surface area contributed by atoms with Crippen LogP contribution < -0.4 is 10.6 Å². The summed E-state index contributed by atoms with van der Waals surface area (Å²) < 4.78 is 11.2. The van der Waals surface area contributed by atoms with Crippen molar-refractivity contribution in [3.63, 3.8) is 0 Å². The number of carbonyl (C=O) groups is 2. The molecule has 0 aliphatic heterocycles. The van der Waals surface area contributed by atoms with Crippen molar-refractivity contribution in [2.75, 3.05) is 19.8 Å². The zero-order chi connectivity index (χ0) is 15.7. The molecule has 0 saturated heterocycles. The SMILES string of the molecule is CCOP(OCC)c1ccc(CC(=O)NCC(C)=O)cc1. The van der Waals surface area contributed by atoms with Crippen LogP contribution in [0.2, 0.25) is 0 Å². The van der Waals surface area contributed by atoms with E-state index in [2.05, 4.69) is 5.32 Å². The van der Waals surface area contributed by atoms with Crippen molar-refractivity contribution in [1.29, 1.82) is 0 Å². The van der Waals surface area contributed by atoms with Gasteiger partial charge in [0.2, 0.25) is 14.3 Å². The van der Waals surface area contributed by atoms with Crippen LogP contribution in [-0.2, 0) is 25.1 Å². The predicted octanol–water partition coefficient (Wildman–Crippen LogP) is 1.94.